The van der Waals surface area contributed by atoms with Crippen LogP contribution in [0.15, 0.2) is 47.3 Å². The van der Waals surface area contributed by atoms with E-state index < -0.39 is 0 Å². The number of halogens is 2. The van der Waals surface area contributed by atoms with Gasteiger partial charge in [-0.15, -0.1) is 0 Å². The topological polar surface area (TPSA) is 68.3 Å². The summed E-state index contributed by atoms with van der Waals surface area (Å²) in [5, 5.41) is 7.20. The van der Waals surface area contributed by atoms with Crippen LogP contribution in [0.1, 0.15) is 19.8 Å². The van der Waals surface area contributed by atoms with Crippen molar-refractivity contribution in [1.82, 2.24) is 15.3 Å². The molecule has 2 aromatic carbocycles. The SMILES string of the molecule is CC(Oc1cc2ncncc2cc1OCNc1ccc(Br)cc1F)C1CCNCC1. The molecule has 0 spiro atoms. The van der Waals surface area contributed by atoms with Crippen molar-refractivity contribution in [2.24, 2.45) is 5.92 Å². The lowest BCUT2D eigenvalue weighted by atomic mass is 9.93. The van der Waals surface area contributed by atoms with Gasteiger partial charge in [-0.1, -0.05) is 15.9 Å². The summed E-state index contributed by atoms with van der Waals surface area (Å²) >= 11 is 3.26. The first-order valence-corrected chi connectivity index (χ1v) is 10.8. The zero-order valence-corrected chi connectivity index (χ0v) is 18.3. The number of hydrogen-bond donors (Lipinski definition) is 2. The monoisotopic (exact) mass is 474 g/mol. The maximum atomic E-state index is 14.0. The molecule has 158 valence electrons. The summed E-state index contributed by atoms with van der Waals surface area (Å²) < 4.78 is 27.0. The standard InChI is InChI=1S/C22H24BrFN4O2/c1-14(15-4-6-25-7-5-15)30-22-10-20-16(11-26-12-27-20)8-21(22)29-13-28-19-3-2-17(23)9-18(19)24/h2-3,8-12,14-15,25,28H,4-7,13H2,1H3. The number of fused-ring (bicyclic) bond motifs is 1. The molecule has 1 aromatic heterocycles. The number of anilines is 1. The maximum absolute atomic E-state index is 14.0. The summed E-state index contributed by atoms with van der Waals surface area (Å²) in [5.74, 6) is 1.33. The van der Waals surface area contributed by atoms with Gasteiger partial charge in [0.15, 0.2) is 18.2 Å². The van der Waals surface area contributed by atoms with Gasteiger partial charge in [0.2, 0.25) is 0 Å². The van der Waals surface area contributed by atoms with Crippen molar-refractivity contribution in [3.05, 3.63) is 53.1 Å². The van der Waals surface area contributed by atoms with Crippen LogP contribution < -0.4 is 20.1 Å². The Morgan fingerprint density at radius 3 is 2.87 bits per heavy atom. The van der Waals surface area contributed by atoms with Crippen molar-refractivity contribution in [3.8, 4) is 11.5 Å². The van der Waals surface area contributed by atoms with Gasteiger partial charge in [0.05, 0.1) is 17.3 Å². The highest BCUT2D eigenvalue weighted by Gasteiger charge is 2.23. The van der Waals surface area contributed by atoms with Gasteiger partial charge in [0.1, 0.15) is 12.1 Å². The lowest BCUT2D eigenvalue weighted by Gasteiger charge is -2.29. The Labute approximate surface area is 183 Å². The molecule has 1 aliphatic rings. The van der Waals surface area contributed by atoms with E-state index >= 15 is 0 Å². The number of nitrogens with zero attached hydrogens (tertiary/aromatic N) is 2. The van der Waals surface area contributed by atoms with Crippen LogP contribution >= 0.6 is 15.9 Å². The third-order valence-electron chi connectivity index (χ3n) is 5.35. The van der Waals surface area contributed by atoms with E-state index in [1.54, 1.807) is 18.3 Å². The average Bonchev–Trinajstić information content (AvgIpc) is 2.76. The van der Waals surface area contributed by atoms with E-state index in [1.165, 1.54) is 12.4 Å². The molecule has 1 unspecified atom stereocenters. The number of aromatic nitrogens is 2. The van der Waals surface area contributed by atoms with Gasteiger partial charge in [-0.2, -0.15) is 0 Å². The first kappa shape index (κ1) is 20.8. The van der Waals surface area contributed by atoms with E-state index in [0.29, 0.717) is 27.6 Å². The van der Waals surface area contributed by atoms with Gasteiger partial charge in [0.25, 0.3) is 0 Å². The average molecular weight is 475 g/mol. The van der Waals surface area contributed by atoms with E-state index in [9.17, 15) is 4.39 Å². The minimum Gasteiger partial charge on any atom is -0.486 e. The lowest BCUT2D eigenvalue weighted by Crippen LogP contribution is -2.35. The van der Waals surface area contributed by atoms with E-state index in [2.05, 4.69) is 43.5 Å². The smallest absolute Gasteiger partial charge is 0.164 e. The van der Waals surface area contributed by atoms with Crippen molar-refractivity contribution in [2.45, 2.75) is 25.9 Å². The summed E-state index contributed by atoms with van der Waals surface area (Å²) in [6.45, 7) is 4.21. The fourth-order valence-corrected chi connectivity index (χ4v) is 3.96. The number of nitrogens with one attached hydrogen (secondary N) is 2. The molecule has 2 heterocycles. The molecule has 1 saturated heterocycles. The molecule has 1 atom stereocenters. The van der Waals surface area contributed by atoms with Crippen LogP contribution in [-0.4, -0.2) is 35.9 Å². The number of rotatable bonds is 7. The van der Waals surface area contributed by atoms with Gasteiger partial charge >= 0.3 is 0 Å². The molecular weight excluding hydrogens is 451 g/mol. The van der Waals surface area contributed by atoms with E-state index in [4.69, 9.17) is 9.47 Å². The third kappa shape index (κ3) is 4.99. The quantitative estimate of drug-likeness (QED) is 0.481. The van der Waals surface area contributed by atoms with Crippen LogP contribution in [0.3, 0.4) is 0 Å². The fraction of sp³-hybridized carbons (Fsp3) is 0.364. The largest absolute Gasteiger partial charge is 0.486 e. The molecule has 8 heteroatoms. The van der Waals surface area contributed by atoms with Crippen LogP contribution in [0, 0.1) is 11.7 Å². The highest BCUT2D eigenvalue weighted by molar-refractivity contribution is 9.10. The molecule has 0 bridgehead atoms. The summed E-state index contributed by atoms with van der Waals surface area (Å²) in [5.41, 5.74) is 1.16. The van der Waals surface area contributed by atoms with E-state index in [-0.39, 0.29) is 18.7 Å². The fourth-order valence-electron chi connectivity index (χ4n) is 3.63. The lowest BCUT2D eigenvalue weighted by molar-refractivity contribution is 0.123. The Hall–Kier alpha value is -2.45. The Morgan fingerprint density at radius 2 is 2.07 bits per heavy atom. The third-order valence-corrected chi connectivity index (χ3v) is 5.85. The second kappa shape index (κ2) is 9.57. The summed E-state index contributed by atoms with van der Waals surface area (Å²) in [7, 11) is 0. The molecule has 0 radical (unpaired) electrons. The van der Waals surface area contributed by atoms with Gasteiger partial charge < -0.3 is 20.1 Å². The summed E-state index contributed by atoms with van der Waals surface area (Å²) in [6, 6.07) is 8.58. The molecule has 0 saturated carbocycles. The van der Waals surface area contributed by atoms with E-state index in [0.717, 1.165) is 36.8 Å². The molecule has 0 amide bonds. The highest BCUT2D eigenvalue weighted by Crippen LogP contribution is 2.34. The number of hydrogen-bond acceptors (Lipinski definition) is 6. The molecular formula is C22H24BrFN4O2. The zero-order chi connectivity index (χ0) is 20.9. The van der Waals surface area contributed by atoms with Crippen LogP contribution in [0.25, 0.3) is 10.9 Å². The highest BCUT2D eigenvalue weighted by atomic mass is 79.9. The summed E-state index contributed by atoms with van der Waals surface area (Å²) in [4.78, 5) is 8.41. The van der Waals surface area contributed by atoms with Crippen molar-refractivity contribution < 1.29 is 13.9 Å². The number of piperidine rings is 1. The first-order chi connectivity index (χ1) is 14.6. The van der Waals surface area contributed by atoms with Crippen molar-refractivity contribution >= 4 is 32.5 Å². The number of benzene rings is 2. The zero-order valence-electron chi connectivity index (χ0n) is 16.7. The molecule has 1 aliphatic heterocycles. The minimum atomic E-state index is -0.351. The van der Waals surface area contributed by atoms with Crippen molar-refractivity contribution in [2.75, 3.05) is 25.1 Å². The Morgan fingerprint density at radius 1 is 1.23 bits per heavy atom. The maximum Gasteiger partial charge on any atom is 0.164 e. The van der Waals surface area contributed by atoms with Crippen molar-refractivity contribution in [1.29, 1.82) is 0 Å². The van der Waals surface area contributed by atoms with Crippen molar-refractivity contribution in [3.63, 3.8) is 0 Å². The minimum absolute atomic E-state index is 0.0469. The summed E-state index contributed by atoms with van der Waals surface area (Å²) in [6.07, 6.45) is 5.46. The molecule has 3 aromatic rings. The predicted octanol–water partition coefficient (Wildman–Crippen LogP) is 4.75. The van der Waals surface area contributed by atoms with Gasteiger partial charge in [-0.05, 0) is 63.0 Å². The Bertz CT molecular complexity index is 1010. The van der Waals surface area contributed by atoms with Crippen LogP contribution in [0.2, 0.25) is 0 Å². The first-order valence-electron chi connectivity index (χ1n) is 10.0. The number of ether oxygens (including phenoxy) is 2. The van der Waals surface area contributed by atoms with Crippen LogP contribution in [0.4, 0.5) is 10.1 Å². The second-order valence-electron chi connectivity index (χ2n) is 7.38. The van der Waals surface area contributed by atoms with Crippen LogP contribution in [0.5, 0.6) is 11.5 Å². The molecule has 2 N–H and O–H groups in total. The molecule has 1 fully saturated rings. The molecule has 30 heavy (non-hydrogen) atoms. The molecule has 6 nitrogen and oxygen atoms in total. The van der Waals surface area contributed by atoms with E-state index in [1.807, 2.05) is 12.1 Å². The van der Waals surface area contributed by atoms with Gasteiger partial charge in [-0.3, -0.25) is 0 Å². The normalized spacial score (nSPS) is 15.7. The van der Waals surface area contributed by atoms with Gasteiger partial charge in [-0.25, -0.2) is 14.4 Å². The second-order valence-corrected chi connectivity index (χ2v) is 8.30. The van der Waals surface area contributed by atoms with Gasteiger partial charge in [0, 0.05) is 22.1 Å². The molecule has 4 rings (SSSR count). The Balaban J connectivity index is 1.51. The predicted molar refractivity (Wildman–Crippen MR) is 118 cm³/mol. The Kier molecular flexibility index (Phi) is 6.64. The van der Waals surface area contributed by atoms with Crippen LogP contribution in [-0.2, 0) is 0 Å². The molecule has 0 aliphatic carbocycles.